The van der Waals surface area contributed by atoms with E-state index in [1.165, 1.54) is 4.57 Å². The molecular formula is C12H17N3O2. The fraction of sp³-hybridized carbons (Fsp3) is 0.417. The van der Waals surface area contributed by atoms with Crippen molar-refractivity contribution in [3.8, 4) is 0 Å². The summed E-state index contributed by atoms with van der Waals surface area (Å²) in [5.41, 5.74) is 8.14. The van der Waals surface area contributed by atoms with E-state index in [4.69, 9.17) is 10.2 Å². The Morgan fingerprint density at radius 2 is 2.24 bits per heavy atom. The number of aryl methyl sites for hydroxylation is 1. The molecule has 5 nitrogen and oxygen atoms in total. The lowest BCUT2D eigenvalue weighted by Gasteiger charge is -2.21. The number of benzene rings is 1. The van der Waals surface area contributed by atoms with Gasteiger partial charge in [0.25, 0.3) is 0 Å². The van der Waals surface area contributed by atoms with E-state index >= 15 is 0 Å². The Labute approximate surface area is 99.4 Å². The molecule has 1 unspecified atom stereocenters. The van der Waals surface area contributed by atoms with E-state index in [0.717, 1.165) is 17.7 Å². The second-order valence-electron chi connectivity index (χ2n) is 4.44. The first-order valence-corrected chi connectivity index (χ1v) is 5.55. The van der Waals surface area contributed by atoms with Gasteiger partial charge in [-0.25, -0.2) is 4.79 Å². The molecule has 5 heteroatoms. The van der Waals surface area contributed by atoms with Gasteiger partial charge in [0, 0.05) is 38.4 Å². The van der Waals surface area contributed by atoms with Crippen molar-refractivity contribution in [1.82, 2.24) is 4.57 Å². The van der Waals surface area contributed by atoms with E-state index in [1.54, 1.807) is 7.05 Å². The van der Waals surface area contributed by atoms with Crippen LogP contribution in [0.1, 0.15) is 6.92 Å². The van der Waals surface area contributed by atoms with Gasteiger partial charge in [-0.3, -0.25) is 4.57 Å². The van der Waals surface area contributed by atoms with Crippen molar-refractivity contribution in [2.75, 3.05) is 18.5 Å². The Kier molecular flexibility index (Phi) is 2.93. The quantitative estimate of drug-likeness (QED) is 0.859. The summed E-state index contributed by atoms with van der Waals surface area (Å²) >= 11 is 0. The minimum absolute atomic E-state index is 0.0958. The normalized spacial score (nSPS) is 12.9. The Bertz CT molecular complexity index is 583. The van der Waals surface area contributed by atoms with Gasteiger partial charge in [0.05, 0.1) is 5.52 Å². The van der Waals surface area contributed by atoms with Gasteiger partial charge in [-0.2, -0.15) is 0 Å². The van der Waals surface area contributed by atoms with Crippen LogP contribution in [0.25, 0.3) is 11.1 Å². The molecular weight excluding hydrogens is 218 g/mol. The summed E-state index contributed by atoms with van der Waals surface area (Å²) in [5, 5.41) is 0. The molecule has 1 heterocycles. The SMILES string of the molecule is CC(N)CN(C)c1ccc2c(c1)oc(=O)n2C. The molecule has 0 aliphatic carbocycles. The average Bonchev–Trinajstić information content (AvgIpc) is 2.53. The van der Waals surface area contributed by atoms with Crippen LogP contribution in [-0.4, -0.2) is 24.2 Å². The van der Waals surface area contributed by atoms with E-state index in [2.05, 4.69) is 0 Å². The zero-order chi connectivity index (χ0) is 12.6. The van der Waals surface area contributed by atoms with Crippen molar-refractivity contribution < 1.29 is 4.42 Å². The maximum Gasteiger partial charge on any atom is 0.419 e. The minimum Gasteiger partial charge on any atom is -0.408 e. The van der Waals surface area contributed by atoms with E-state index in [9.17, 15) is 4.79 Å². The highest BCUT2D eigenvalue weighted by Crippen LogP contribution is 2.20. The van der Waals surface area contributed by atoms with E-state index < -0.39 is 0 Å². The number of oxazole rings is 1. The molecule has 0 spiro atoms. The number of nitrogens with zero attached hydrogens (tertiary/aromatic N) is 2. The molecule has 92 valence electrons. The van der Waals surface area contributed by atoms with E-state index in [1.807, 2.05) is 37.1 Å². The third-order valence-corrected chi connectivity index (χ3v) is 2.78. The van der Waals surface area contributed by atoms with Crippen LogP contribution in [0, 0.1) is 0 Å². The molecule has 0 saturated carbocycles. The highest BCUT2D eigenvalue weighted by molar-refractivity contribution is 5.77. The standard InChI is InChI=1S/C12H17N3O2/c1-8(13)7-14(2)9-4-5-10-11(6-9)17-12(16)15(10)3/h4-6,8H,7,13H2,1-3H3. The van der Waals surface area contributed by atoms with Crippen LogP contribution in [0.2, 0.25) is 0 Å². The number of nitrogens with two attached hydrogens (primary N) is 1. The molecule has 0 saturated heterocycles. The Morgan fingerprint density at radius 3 is 2.88 bits per heavy atom. The van der Waals surface area contributed by atoms with Gasteiger partial charge in [-0.05, 0) is 19.1 Å². The Hall–Kier alpha value is -1.75. The van der Waals surface area contributed by atoms with Gasteiger partial charge in [0.15, 0.2) is 5.58 Å². The monoisotopic (exact) mass is 235 g/mol. The number of hydrogen-bond acceptors (Lipinski definition) is 4. The maximum absolute atomic E-state index is 11.4. The summed E-state index contributed by atoms with van der Waals surface area (Å²) in [6, 6.07) is 5.80. The van der Waals surface area contributed by atoms with Crippen molar-refractivity contribution >= 4 is 16.8 Å². The van der Waals surface area contributed by atoms with Gasteiger partial charge >= 0.3 is 5.76 Å². The predicted molar refractivity (Wildman–Crippen MR) is 68.4 cm³/mol. The molecule has 0 radical (unpaired) electrons. The lowest BCUT2D eigenvalue weighted by Crippen LogP contribution is -2.32. The third kappa shape index (κ3) is 2.19. The van der Waals surface area contributed by atoms with Crippen molar-refractivity contribution in [2.24, 2.45) is 12.8 Å². The summed E-state index contributed by atoms with van der Waals surface area (Å²) in [4.78, 5) is 13.4. The summed E-state index contributed by atoms with van der Waals surface area (Å²) in [6.45, 7) is 2.71. The average molecular weight is 235 g/mol. The van der Waals surface area contributed by atoms with Crippen LogP contribution in [0.5, 0.6) is 0 Å². The molecule has 1 aromatic heterocycles. The smallest absolute Gasteiger partial charge is 0.408 e. The fourth-order valence-corrected chi connectivity index (χ4v) is 1.90. The van der Waals surface area contributed by atoms with Crippen LogP contribution in [0.3, 0.4) is 0 Å². The second kappa shape index (κ2) is 4.25. The van der Waals surface area contributed by atoms with Gasteiger partial charge in [0.1, 0.15) is 0 Å². The highest BCUT2D eigenvalue weighted by Gasteiger charge is 2.09. The number of fused-ring (bicyclic) bond motifs is 1. The lowest BCUT2D eigenvalue weighted by atomic mass is 10.2. The summed E-state index contributed by atoms with van der Waals surface area (Å²) < 4.78 is 6.63. The fourth-order valence-electron chi connectivity index (χ4n) is 1.90. The van der Waals surface area contributed by atoms with Crippen molar-refractivity contribution in [3.05, 3.63) is 28.7 Å². The van der Waals surface area contributed by atoms with Gasteiger partial charge in [-0.1, -0.05) is 0 Å². The second-order valence-corrected chi connectivity index (χ2v) is 4.44. The van der Waals surface area contributed by atoms with Crippen molar-refractivity contribution in [2.45, 2.75) is 13.0 Å². The molecule has 0 aliphatic rings. The zero-order valence-corrected chi connectivity index (χ0v) is 10.3. The Morgan fingerprint density at radius 1 is 1.53 bits per heavy atom. The number of hydrogen-bond donors (Lipinski definition) is 1. The molecule has 2 N–H and O–H groups in total. The summed E-state index contributed by atoms with van der Waals surface area (Å²) in [6.07, 6.45) is 0. The third-order valence-electron chi connectivity index (χ3n) is 2.78. The molecule has 0 fully saturated rings. The first-order chi connectivity index (χ1) is 7.99. The number of aromatic nitrogens is 1. The van der Waals surface area contributed by atoms with Crippen molar-refractivity contribution in [3.63, 3.8) is 0 Å². The van der Waals surface area contributed by atoms with Crippen LogP contribution >= 0.6 is 0 Å². The highest BCUT2D eigenvalue weighted by atomic mass is 16.4. The first kappa shape index (κ1) is 11.7. The van der Waals surface area contributed by atoms with E-state index in [-0.39, 0.29) is 11.8 Å². The maximum atomic E-state index is 11.4. The zero-order valence-electron chi connectivity index (χ0n) is 10.3. The molecule has 17 heavy (non-hydrogen) atoms. The molecule has 0 amide bonds. The Balaban J connectivity index is 2.41. The van der Waals surface area contributed by atoms with Crippen molar-refractivity contribution in [1.29, 1.82) is 0 Å². The van der Waals surface area contributed by atoms with Crippen LogP contribution in [0.4, 0.5) is 5.69 Å². The molecule has 1 atom stereocenters. The predicted octanol–water partition coefficient (Wildman–Crippen LogP) is 0.915. The molecule has 0 aliphatic heterocycles. The summed E-state index contributed by atoms with van der Waals surface area (Å²) in [7, 11) is 3.66. The number of rotatable bonds is 3. The number of anilines is 1. The number of likely N-dealkylation sites (N-methyl/N-ethyl adjacent to an activating group) is 1. The van der Waals surface area contributed by atoms with Crippen LogP contribution in [-0.2, 0) is 7.05 Å². The minimum atomic E-state index is -0.341. The molecule has 0 bridgehead atoms. The first-order valence-electron chi connectivity index (χ1n) is 5.55. The van der Waals surface area contributed by atoms with Gasteiger partial charge in [0.2, 0.25) is 0 Å². The van der Waals surface area contributed by atoms with Gasteiger partial charge in [-0.15, -0.1) is 0 Å². The topological polar surface area (TPSA) is 64.4 Å². The molecule has 1 aromatic carbocycles. The molecule has 2 rings (SSSR count). The largest absolute Gasteiger partial charge is 0.419 e. The van der Waals surface area contributed by atoms with Crippen LogP contribution < -0.4 is 16.4 Å². The lowest BCUT2D eigenvalue weighted by molar-refractivity contribution is 0.528. The van der Waals surface area contributed by atoms with E-state index in [0.29, 0.717) is 5.58 Å². The van der Waals surface area contributed by atoms with Gasteiger partial charge < -0.3 is 15.1 Å². The summed E-state index contributed by atoms with van der Waals surface area (Å²) in [5.74, 6) is -0.341. The molecule has 2 aromatic rings. The van der Waals surface area contributed by atoms with Crippen LogP contribution in [0.15, 0.2) is 27.4 Å².